The van der Waals surface area contributed by atoms with Crippen molar-refractivity contribution in [2.24, 2.45) is 0 Å². The lowest BCUT2D eigenvalue weighted by Gasteiger charge is -2.32. The molecule has 22 heavy (non-hydrogen) atoms. The third-order valence-corrected chi connectivity index (χ3v) is 3.50. The Morgan fingerprint density at radius 1 is 1.41 bits per heavy atom. The summed E-state index contributed by atoms with van der Waals surface area (Å²) >= 11 is 0. The van der Waals surface area contributed by atoms with Gasteiger partial charge in [0.2, 0.25) is 0 Å². The van der Waals surface area contributed by atoms with Crippen molar-refractivity contribution in [3.63, 3.8) is 0 Å². The summed E-state index contributed by atoms with van der Waals surface area (Å²) in [5, 5.41) is 11.0. The van der Waals surface area contributed by atoms with Crippen molar-refractivity contribution in [2.45, 2.75) is 45.6 Å². The maximum absolute atomic E-state index is 12.1. The number of nitrogens with zero attached hydrogens (tertiary/aromatic N) is 1. The first-order chi connectivity index (χ1) is 10.4. The van der Waals surface area contributed by atoms with Crippen LogP contribution in [0.3, 0.4) is 0 Å². The van der Waals surface area contributed by atoms with Gasteiger partial charge < -0.3 is 20.4 Å². The van der Waals surface area contributed by atoms with Gasteiger partial charge in [-0.15, -0.1) is 0 Å². The first-order valence-corrected chi connectivity index (χ1v) is 7.73. The molecule has 5 nitrogen and oxygen atoms in total. The van der Waals surface area contributed by atoms with Gasteiger partial charge in [-0.1, -0.05) is 12.2 Å². The Labute approximate surface area is 132 Å². The summed E-state index contributed by atoms with van der Waals surface area (Å²) in [6.45, 7) is 6.59. The van der Waals surface area contributed by atoms with Gasteiger partial charge in [0.05, 0.1) is 6.54 Å². The van der Waals surface area contributed by atoms with E-state index in [0.717, 1.165) is 29.8 Å². The maximum atomic E-state index is 12.1. The van der Waals surface area contributed by atoms with Crippen molar-refractivity contribution in [3.8, 4) is 0 Å². The monoisotopic (exact) mass is 303 g/mol. The Morgan fingerprint density at radius 3 is 2.77 bits per heavy atom. The van der Waals surface area contributed by atoms with Gasteiger partial charge in [-0.25, -0.2) is 4.79 Å². The number of hydrogen-bond acceptors (Lipinski definition) is 4. The standard InChI is InChI=1S/C17H25N3O2/c1-17(2,3)22-16(21)20-10-9-15(13(11-18)12-20)19-14-7-5-4-6-8-14/h5,7-8,11,18-19H,4,6,9-10,12H2,1-3H3. The molecule has 2 N–H and O–H groups in total. The van der Waals surface area contributed by atoms with Gasteiger partial charge in [0.1, 0.15) is 5.60 Å². The highest BCUT2D eigenvalue weighted by molar-refractivity contribution is 5.80. The van der Waals surface area contributed by atoms with Crippen molar-refractivity contribution >= 4 is 12.3 Å². The van der Waals surface area contributed by atoms with E-state index < -0.39 is 5.60 Å². The van der Waals surface area contributed by atoms with Crippen LogP contribution in [0.15, 0.2) is 35.2 Å². The Kier molecular flexibility index (Phi) is 5.06. The van der Waals surface area contributed by atoms with E-state index in [1.165, 1.54) is 6.21 Å². The zero-order chi connectivity index (χ0) is 16.2. The zero-order valence-electron chi connectivity index (χ0n) is 13.6. The van der Waals surface area contributed by atoms with Crippen LogP contribution in [-0.4, -0.2) is 35.9 Å². The Morgan fingerprint density at radius 2 is 2.18 bits per heavy atom. The van der Waals surface area contributed by atoms with E-state index in [4.69, 9.17) is 10.1 Å². The highest BCUT2D eigenvalue weighted by Gasteiger charge is 2.26. The molecule has 0 fully saturated rings. The van der Waals surface area contributed by atoms with Gasteiger partial charge >= 0.3 is 6.09 Å². The minimum atomic E-state index is -0.498. The van der Waals surface area contributed by atoms with Crippen LogP contribution in [0, 0.1) is 5.41 Å². The predicted octanol–water partition coefficient (Wildman–Crippen LogP) is 3.35. The predicted molar refractivity (Wildman–Crippen MR) is 87.8 cm³/mol. The molecule has 0 saturated carbocycles. The number of allylic oxidation sites excluding steroid dienone is 3. The van der Waals surface area contributed by atoms with E-state index in [0.29, 0.717) is 19.5 Å². The van der Waals surface area contributed by atoms with Crippen LogP contribution in [-0.2, 0) is 4.74 Å². The number of carbonyl (C=O) groups excluding carboxylic acids is 1. The highest BCUT2D eigenvalue weighted by atomic mass is 16.6. The van der Waals surface area contributed by atoms with Crippen molar-refractivity contribution in [1.82, 2.24) is 10.2 Å². The molecule has 1 amide bonds. The summed E-state index contributed by atoms with van der Waals surface area (Å²) in [5.41, 5.74) is 2.43. The molecule has 0 aromatic carbocycles. The van der Waals surface area contributed by atoms with Gasteiger partial charge in [0, 0.05) is 36.1 Å². The van der Waals surface area contributed by atoms with Crippen LogP contribution in [0.2, 0.25) is 0 Å². The van der Waals surface area contributed by atoms with Gasteiger partial charge in [0.25, 0.3) is 0 Å². The molecule has 1 heterocycles. The van der Waals surface area contributed by atoms with E-state index in [1.54, 1.807) is 4.90 Å². The quantitative estimate of drug-likeness (QED) is 0.786. The van der Waals surface area contributed by atoms with Crippen molar-refractivity contribution in [3.05, 3.63) is 35.2 Å². The largest absolute Gasteiger partial charge is 0.444 e. The number of nitrogens with one attached hydrogen (secondary N) is 2. The third-order valence-electron chi connectivity index (χ3n) is 3.50. The summed E-state index contributed by atoms with van der Waals surface area (Å²) < 4.78 is 5.40. The molecule has 0 radical (unpaired) electrons. The van der Waals surface area contributed by atoms with Crippen LogP contribution in [0.4, 0.5) is 4.79 Å². The number of ether oxygens (including phenoxy) is 1. The second-order valence-corrected chi connectivity index (χ2v) is 6.56. The molecule has 0 saturated heterocycles. The topological polar surface area (TPSA) is 65.4 Å². The molecule has 0 aromatic heterocycles. The average Bonchev–Trinajstić information content (AvgIpc) is 2.47. The van der Waals surface area contributed by atoms with Crippen LogP contribution in [0.25, 0.3) is 0 Å². The summed E-state index contributed by atoms with van der Waals surface area (Å²) in [6.07, 6.45) is 10.2. The normalized spacial score (nSPS) is 18.9. The molecule has 0 bridgehead atoms. The Balaban J connectivity index is 2.04. The maximum Gasteiger partial charge on any atom is 0.410 e. The van der Waals surface area contributed by atoms with Crippen molar-refractivity contribution in [2.75, 3.05) is 13.1 Å². The lowest BCUT2D eigenvalue weighted by Crippen LogP contribution is -2.42. The molecule has 0 atom stereocenters. The number of hydrogen-bond donors (Lipinski definition) is 2. The minimum absolute atomic E-state index is 0.317. The van der Waals surface area contributed by atoms with Gasteiger partial charge in [-0.3, -0.25) is 0 Å². The number of amides is 1. The van der Waals surface area contributed by atoms with Gasteiger partial charge in [-0.05, 0) is 39.7 Å². The molecule has 1 aliphatic carbocycles. The smallest absolute Gasteiger partial charge is 0.410 e. The van der Waals surface area contributed by atoms with Gasteiger partial charge in [-0.2, -0.15) is 0 Å². The lowest BCUT2D eigenvalue weighted by atomic mass is 10.1. The molecule has 0 spiro atoms. The van der Waals surface area contributed by atoms with Crippen LogP contribution < -0.4 is 5.32 Å². The second kappa shape index (κ2) is 6.81. The third kappa shape index (κ3) is 4.48. The highest BCUT2D eigenvalue weighted by Crippen LogP contribution is 2.20. The van der Waals surface area contributed by atoms with E-state index in [1.807, 2.05) is 20.8 Å². The summed E-state index contributed by atoms with van der Waals surface area (Å²) in [5.74, 6) is 0. The van der Waals surface area contributed by atoms with Crippen molar-refractivity contribution in [1.29, 1.82) is 5.41 Å². The van der Waals surface area contributed by atoms with Crippen LogP contribution >= 0.6 is 0 Å². The molecule has 120 valence electrons. The molecule has 1 aliphatic heterocycles. The molecular weight excluding hydrogens is 278 g/mol. The fraction of sp³-hybridized carbons (Fsp3) is 0.529. The number of carbonyl (C=O) groups is 1. The van der Waals surface area contributed by atoms with E-state index in [9.17, 15) is 4.79 Å². The Bertz CT molecular complexity index is 539. The van der Waals surface area contributed by atoms with Gasteiger partial charge in [0.15, 0.2) is 0 Å². The number of rotatable bonds is 3. The van der Waals surface area contributed by atoms with Crippen molar-refractivity contribution < 1.29 is 9.53 Å². The molecular formula is C17H25N3O2. The molecule has 0 aromatic rings. The van der Waals surface area contributed by atoms with E-state index in [-0.39, 0.29) is 6.09 Å². The summed E-state index contributed by atoms with van der Waals surface area (Å²) in [6, 6.07) is 0. The van der Waals surface area contributed by atoms with E-state index >= 15 is 0 Å². The first-order valence-electron chi connectivity index (χ1n) is 7.73. The molecule has 5 heteroatoms. The SMILES string of the molecule is CC(C)(C)OC(=O)N1CCC(NC2=CCCC=C2)=C(C=N)C1. The van der Waals surface area contributed by atoms with Crippen LogP contribution in [0.5, 0.6) is 0 Å². The zero-order valence-corrected chi connectivity index (χ0v) is 13.6. The Hall–Kier alpha value is -2.04. The second-order valence-electron chi connectivity index (χ2n) is 6.56. The molecule has 2 aliphatic rings. The summed E-state index contributed by atoms with van der Waals surface area (Å²) in [7, 11) is 0. The first kappa shape index (κ1) is 16.3. The molecule has 0 unspecified atom stereocenters. The minimum Gasteiger partial charge on any atom is -0.444 e. The fourth-order valence-electron chi connectivity index (χ4n) is 2.43. The van der Waals surface area contributed by atoms with E-state index in [2.05, 4.69) is 23.5 Å². The summed E-state index contributed by atoms with van der Waals surface area (Å²) in [4.78, 5) is 13.8. The molecule has 2 rings (SSSR count). The lowest BCUT2D eigenvalue weighted by molar-refractivity contribution is 0.0262. The van der Waals surface area contributed by atoms with Crippen LogP contribution in [0.1, 0.15) is 40.0 Å². The fourth-order valence-corrected chi connectivity index (χ4v) is 2.43. The average molecular weight is 303 g/mol.